The molecule has 0 aromatic heterocycles. The van der Waals surface area contributed by atoms with Crippen LogP contribution in [0.15, 0.2) is 12.1 Å². The molecule has 0 spiro atoms. The summed E-state index contributed by atoms with van der Waals surface area (Å²) in [6.45, 7) is 3.68. The molecule has 1 aromatic carbocycles. The largest absolute Gasteiger partial charge is 0.496 e. The van der Waals surface area contributed by atoms with Crippen LogP contribution in [0.25, 0.3) is 0 Å². The van der Waals surface area contributed by atoms with Crippen molar-refractivity contribution in [3.8, 4) is 5.75 Å². The predicted octanol–water partition coefficient (Wildman–Crippen LogP) is 1.40. The second-order valence-electron chi connectivity index (χ2n) is 3.49. The van der Waals surface area contributed by atoms with E-state index >= 15 is 0 Å². The molecule has 15 heavy (non-hydrogen) atoms. The number of hydrogen-bond acceptors (Lipinski definition) is 3. The van der Waals surface area contributed by atoms with Crippen LogP contribution < -0.4 is 10.5 Å². The van der Waals surface area contributed by atoms with Crippen molar-refractivity contribution in [3.05, 3.63) is 28.8 Å². The molecular weight excluding hydrogens is 194 g/mol. The van der Waals surface area contributed by atoms with E-state index in [0.717, 1.165) is 16.9 Å². The molecule has 0 heterocycles. The van der Waals surface area contributed by atoms with Crippen LogP contribution in [0.4, 0.5) is 0 Å². The monoisotopic (exact) mass is 209 g/mol. The van der Waals surface area contributed by atoms with Crippen molar-refractivity contribution in [1.29, 1.82) is 0 Å². The lowest BCUT2D eigenvalue weighted by atomic mass is 9.99. The number of aryl methyl sites for hydroxylation is 2. The maximum absolute atomic E-state index is 10.8. The number of carboxylic acids is 1. The summed E-state index contributed by atoms with van der Waals surface area (Å²) in [5.41, 5.74) is 7.89. The first-order valence-electron chi connectivity index (χ1n) is 4.61. The van der Waals surface area contributed by atoms with Crippen LogP contribution in [-0.4, -0.2) is 18.2 Å². The third-order valence-corrected chi connectivity index (χ3v) is 2.38. The molecular formula is C11H15NO3. The molecule has 0 aliphatic heterocycles. The molecule has 3 N–H and O–H groups in total. The Morgan fingerprint density at radius 1 is 1.40 bits per heavy atom. The van der Waals surface area contributed by atoms with E-state index in [1.54, 1.807) is 19.2 Å². The number of hydrogen-bond donors (Lipinski definition) is 2. The molecule has 4 nitrogen and oxygen atoms in total. The van der Waals surface area contributed by atoms with Crippen molar-refractivity contribution in [1.82, 2.24) is 0 Å². The van der Waals surface area contributed by atoms with Gasteiger partial charge in [-0.25, -0.2) is 0 Å². The van der Waals surface area contributed by atoms with E-state index in [4.69, 9.17) is 15.6 Å². The lowest BCUT2D eigenvalue weighted by Crippen LogP contribution is -2.21. The summed E-state index contributed by atoms with van der Waals surface area (Å²) in [6.07, 6.45) is 0. The van der Waals surface area contributed by atoms with Gasteiger partial charge in [0.2, 0.25) is 0 Å². The summed E-state index contributed by atoms with van der Waals surface area (Å²) < 4.78 is 5.13. The molecule has 0 amide bonds. The van der Waals surface area contributed by atoms with Gasteiger partial charge in [-0.15, -0.1) is 0 Å². The lowest BCUT2D eigenvalue weighted by molar-refractivity contribution is -0.138. The number of rotatable bonds is 3. The highest BCUT2D eigenvalue weighted by Gasteiger charge is 2.17. The number of methoxy groups -OCH3 is 1. The van der Waals surface area contributed by atoms with E-state index in [-0.39, 0.29) is 0 Å². The Morgan fingerprint density at radius 2 is 2.00 bits per heavy atom. The van der Waals surface area contributed by atoms with Crippen molar-refractivity contribution < 1.29 is 14.6 Å². The summed E-state index contributed by atoms with van der Waals surface area (Å²) in [5.74, 6) is -0.281. The van der Waals surface area contributed by atoms with Gasteiger partial charge in [0.25, 0.3) is 0 Å². The number of aliphatic carboxylic acids is 1. The second-order valence-corrected chi connectivity index (χ2v) is 3.49. The molecule has 82 valence electrons. The Morgan fingerprint density at radius 3 is 2.47 bits per heavy atom. The Bertz CT molecular complexity index is 388. The molecule has 0 bridgehead atoms. The summed E-state index contributed by atoms with van der Waals surface area (Å²) in [6, 6.07) is 2.58. The number of benzene rings is 1. The van der Waals surface area contributed by atoms with Crippen LogP contribution in [0.3, 0.4) is 0 Å². The van der Waals surface area contributed by atoms with E-state index in [1.807, 2.05) is 13.8 Å². The number of carboxylic acid groups (broad SMARTS) is 1. The van der Waals surface area contributed by atoms with Crippen molar-refractivity contribution in [2.75, 3.05) is 7.11 Å². The summed E-state index contributed by atoms with van der Waals surface area (Å²) in [5, 5.41) is 8.82. The standard InChI is InChI=1S/C11H15NO3/c1-6-5-9(15-3)7(2)4-8(6)10(12)11(13)14/h4-5,10H,12H2,1-3H3,(H,13,14). The Hall–Kier alpha value is -1.55. The highest BCUT2D eigenvalue weighted by Crippen LogP contribution is 2.25. The van der Waals surface area contributed by atoms with Crippen molar-refractivity contribution >= 4 is 5.97 Å². The van der Waals surface area contributed by atoms with E-state index in [2.05, 4.69) is 0 Å². The van der Waals surface area contributed by atoms with Gasteiger partial charge in [0, 0.05) is 0 Å². The average molecular weight is 209 g/mol. The van der Waals surface area contributed by atoms with Crippen molar-refractivity contribution in [2.45, 2.75) is 19.9 Å². The van der Waals surface area contributed by atoms with Crippen LogP contribution in [0.5, 0.6) is 5.75 Å². The molecule has 1 atom stereocenters. The SMILES string of the molecule is COc1cc(C)c(C(N)C(=O)O)cc1C. The van der Waals surface area contributed by atoms with Crippen LogP contribution >= 0.6 is 0 Å². The molecule has 0 saturated carbocycles. The number of nitrogens with two attached hydrogens (primary N) is 1. The van der Waals surface area contributed by atoms with E-state index in [9.17, 15) is 4.79 Å². The minimum atomic E-state index is -1.03. The van der Waals surface area contributed by atoms with Gasteiger partial charge in [0.15, 0.2) is 0 Å². The summed E-state index contributed by atoms with van der Waals surface area (Å²) in [4.78, 5) is 10.8. The third kappa shape index (κ3) is 2.27. The molecule has 4 heteroatoms. The normalized spacial score (nSPS) is 12.3. The molecule has 0 aliphatic carbocycles. The molecule has 0 fully saturated rings. The van der Waals surface area contributed by atoms with Gasteiger partial charge in [0.05, 0.1) is 7.11 Å². The molecule has 1 unspecified atom stereocenters. The molecule has 0 saturated heterocycles. The van der Waals surface area contributed by atoms with Crippen molar-refractivity contribution in [2.24, 2.45) is 5.73 Å². The first-order chi connectivity index (χ1) is 6.97. The zero-order valence-electron chi connectivity index (χ0n) is 9.07. The quantitative estimate of drug-likeness (QED) is 0.789. The fourth-order valence-corrected chi connectivity index (χ4v) is 1.50. The minimum Gasteiger partial charge on any atom is -0.496 e. The zero-order chi connectivity index (χ0) is 11.6. The lowest BCUT2D eigenvalue weighted by Gasteiger charge is -2.14. The van der Waals surface area contributed by atoms with Crippen LogP contribution in [-0.2, 0) is 4.79 Å². The fraction of sp³-hybridized carbons (Fsp3) is 0.364. The van der Waals surface area contributed by atoms with Gasteiger partial charge in [-0.1, -0.05) is 0 Å². The van der Waals surface area contributed by atoms with Crippen molar-refractivity contribution in [3.63, 3.8) is 0 Å². The van der Waals surface area contributed by atoms with Gasteiger partial charge >= 0.3 is 5.97 Å². The molecule has 1 rings (SSSR count). The predicted molar refractivity (Wildman–Crippen MR) is 57.0 cm³/mol. The van der Waals surface area contributed by atoms with Gasteiger partial charge < -0.3 is 15.6 Å². The van der Waals surface area contributed by atoms with E-state index < -0.39 is 12.0 Å². The summed E-state index contributed by atoms with van der Waals surface area (Å²) in [7, 11) is 1.58. The van der Waals surface area contributed by atoms with E-state index in [0.29, 0.717) is 5.56 Å². The van der Waals surface area contributed by atoms with Gasteiger partial charge in [0.1, 0.15) is 11.8 Å². The second kappa shape index (κ2) is 4.31. The first kappa shape index (κ1) is 11.5. The van der Waals surface area contributed by atoms with Crippen LogP contribution in [0, 0.1) is 13.8 Å². The highest BCUT2D eigenvalue weighted by atomic mass is 16.5. The maximum atomic E-state index is 10.8. The van der Waals surface area contributed by atoms with Crippen LogP contribution in [0.1, 0.15) is 22.7 Å². The fourth-order valence-electron chi connectivity index (χ4n) is 1.50. The average Bonchev–Trinajstić information content (AvgIpc) is 2.19. The minimum absolute atomic E-state index is 0.626. The molecule has 0 radical (unpaired) electrons. The first-order valence-corrected chi connectivity index (χ1v) is 4.61. The van der Waals surface area contributed by atoms with Gasteiger partial charge in [-0.05, 0) is 42.7 Å². The van der Waals surface area contributed by atoms with Gasteiger partial charge in [-0.3, -0.25) is 4.79 Å². The molecule has 1 aromatic rings. The van der Waals surface area contributed by atoms with Gasteiger partial charge in [-0.2, -0.15) is 0 Å². The highest BCUT2D eigenvalue weighted by molar-refractivity contribution is 5.76. The smallest absolute Gasteiger partial charge is 0.325 e. The zero-order valence-corrected chi connectivity index (χ0v) is 9.07. The number of ether oxygens (including phenoxy) is 1. The third-order valence-electron chi connectivity index (χ3n) is 2.38. The van der Waals surface area contributed by atoms with E-state index in [1.165, 1.54) is 0 Å². The maximum Gasteiger partial charge on any atom is 0.325 e. The topological polar surface area (TPSA) is 72.5 Å². The summed E-state index contributed by atoms with van der Waals surface area (Å²) >= 11 is 0. The Labute approximate surface area is 88.7 Å². The Balaban J connectivity index is 3.21. The molecule has 0 aliphatic rings. The Kier molecular flexibility index (Phi) is 3.31. The number of carbonyl (C=O) groups is 1. The van der Waals surface area contributed by atoms with Crippen LogP contribution in [0.2, 0.25) is 0 Å².